The van der Waals surface area contributed by atoms with Crippen molar-refractivity contribution in [1.82, 2.24) is 9.78 Å². The minimum absolute atomic E-state index is 0.0121. The lowest BCUT2D eigenvalue weighted by atomic mass is 10.1. The summed E-state index contributed by atoms with van der Waals surface area (Å²) >= 11 is 12.1. The SMILES string of the molecule is CCOc1ccccc1NC(=O)COC(=O)Cc1c(C)nn(-c2ccc(Cl)c(Cl)c2)c1C. The van der Waals surface area contributed by atoms with E-state index in [0.29, 0.717) is 33.8 Å². The molecule has 1 amide bonds. The first-order valence-corrected chi connectivity index (χ1v) is 10.7. The fraction of sp³-hybridized carbons (Fsp3) is 0.261. The zero-order valence-electron chi connectivity index (χ0n) is 17.9. The molecule has 0 aliphatic heterocycles. The first kappa shape index (κ1) is 23.6. The fourth-order valence-electron chi connectivity index (χ4n) is 3.18. The van der Waals surface area contributed by atoms with Gasteiger partial charge in [-0.1, -0.05) is 35.3 Å². The van der Waals surface area contributed by atoms with Gasteiger partial charge in [0.1, 0.15) is 5.75 Å². The van der Waals surface area contributed by atoms with Crippen molar-refractivity contribution in [2.45, 2.75) is 27.2 Å². The van der Waals surface area contributed by atoms with Crippen LogP contribution in [0.4, 0.5) is 5.69 Å². The topological polar surface area (TPSA) is 82.4 Å². The van der Waals surface area contributed by atoms with E-state index in [4.69, 9.17) is 32.7 Å². The van der Waals surface area contributed by atoms with Gasteiger partial charge < -0.3 is 14.8 Å². The van der Waals surface area contributed by atoms with E-state index >= 15 is 0 Å². The van der Waals surface area contributed by atoms with Gasteiger partial charge in [0.2, 0.25) is 0 Å². The first-order chi connectivity index (χ1) is 15.3. The van der Waals surface area contributed by atoms with Gasteiger partial charge in [-0.3, -0.25) is 9.59 Å². The van der Waals surface area contributed by atoms with Gasteiger partial charge in [-0.25, -0.2) is 4.68 Å². The number of aryl methyl sites for hydroxylation is 1. The molecule has 0 saturated heterocycles. The van der Waals surface area contributed by atoms with Crippen LogP contribution in [0.1, 0.15) is 23.9 Å². The number of rotatable bonds is 8. The number of ether oxygens (including phenoxy) is 2. The van der Waals surface area contributed by atoms with Gasteiger partial charge >= 0.3 is 5.97 Å². The van der Waals surface area contributed by atoms with E-state index in [1.165, 1.54) is 0 Å². The highest BCUT2D eigenvalue weighted by Crippen LogP contribution is 2.26. The normalized spacial score (nSPS) is 10.7. The number of nitrogens with one attached hydrogen (secondary N) is 1. The molecule has 1 N–H and O–H groups in total. The number of halogens is 2. The standard InChI is InChI=1S/C23H23Cl2N3O4/c1-4-31-21-8-6-5-7-20(21)26-22(29)13-32-23(30)12-17-14(2)27-28(15(17)3)16-9-10-18(24)19(25)11-16/h5-11H,4,12-13H2,1-3H3,(H,26,29). The van der Waals surface area contributed by atoms with Gasteiger partial charge in [-0.2, -0.15) is 5.10 Å². The van der Waals surface area contributed by atoms with E-state index in [9.17, 15) is 9.59 Å². The monoisotopic (exact) mass is 475 g/mol. The highest BCUT2D eigenvalue weighted by Gasteiger charge is 2.18. The molecule has 1 heterocycles. The molecule has 0 aliphatic rings. The Morgan fingerprint density at radius 1 is 1.09 bits per heavy atom. The Labute approximate surface area is 196 Å². The number of para-hydroxylation sites is 2. The minimum atomic E-state index is -0.530. The molecule has 32 heavy (non-hydrogen) atoms. The molecular formula is C23H23Cl2N3O4. The summed E-state index contributed by atoms with van der Waals surface area (Å²) < 4.78 is 12.3. The lowest BCUT2D eigenvalue weighted by Crippen LogP contribution is -2.22. The van der Waals surface area contributed by atoms with Crippen molar-refractivity contribution in [3.63, 3.8) is 0 Å². The van der Waals surface area contributed by atoms with Crippen LogP contribution < -0.4 is 10.1 Å². The fourth-order valence-corrected chi connectivity index (χ4v) is 3.47. The summed E-state index contributed by atoms with van der Waals surface area (Å²) in [6.07, 6.45) is -0.0121. The number of anilines is 1. The van der Waals surface area contributed by atoms with Gasteiger partial charge in [0, 0.05) is 11.3 Å². The number of aromatic nitrogens is 2. The maximum absolute atomic E-state index is 12.4. The second-order valence-electron chi connectivity index (χ2n) is 6.97. The number of amides is 1. The maximum Gasteiger partial charge on any atom is 0.310 e. The number of benzene rings is 2. The third-order valence-electron chi connectivity index (χ3n) is 4.74. The van der Waals surface area contributed by atoms with Crippen LogP contribution in [0.25, 0.3) is 5.69 Å². The number of esters is 1. The molecule has 3 rings (SSSR count). The molecule has 0 saturated carbocycles. The molecule has 0 spiro atoms. The van der Waals surface area contributed by atoms with E-state index in [1.54, 1.807) is 48.0 Å². The molecule has 0 atom stereocenters. The Balaban J connectivity index is 1.62. The van der Waals surface area contributed by atoms with Gasteiger partial charge in [0.25, 0.3) is 5.91 Å². The Morgan fingerprint density at radius 3 is 2.56 bits per heavy atom. The molecule has 9 heteroatoms. The summed E-state index contributed by atoms with van der Waals surface area (Å²) in [4.78, 5) is 24.6. The smallest absolute Gasteiger partial charge is 0.310 e. The van der Waals surface area contributed by atoms with Gasteiger partial charge in [0.15, 0.2) is 6.61 Å². The third-order valence-corrected chi connectivity index (χ3v) is 5.47. The van der Waals surface area contributed by atoms with Crippen molar-refractivity contribution in [2.75, 3.05) is 18.5 Å². The summed E-state index contributed by atoms with van der Waals surface area (Å²) in [7, 11) is 0. The van der Waals surface area contributed by atoms with E-state index in [-0.39, 0.29) is 6.42 Å². The third kappa shape index (κ3) is 5.60. The lowest BCUT2D eigenvalue weighted by molar-refractivity contribution is -0.146. The zero-order chi connectivity index (χ0) is 23.3. The van der Waals surface area contributed by atoms with Crippen molar-refractivity contribution in [1.29, 1.82) is 0 Å². The Bertz CT molecular complexity index is 1140. The van der Waals surface area contributed by atoms with Crippen molar-refractivity contribution in [3.05, 3.63) is 69.5 Å². The average Bonchev–Trinajstić information content (AvgIpc) is 3.04. The summed E-state index contributed by atoms with van der Waals surface area (Å²) in [5.74, 6) is -0.431. The second-order valence-corrected chi connectivity index (χ2v) is 7.79. The van der Waals surface area contributed by atoms with Crippen molar-refractivity contribution in [3.8, 4) is 11.4 Å². The van der Waals surface area contributed by atoms with Crippen LogP contribution in [0.3, 0.4) is 0 Å². The number of hydrogen-bond donors (Lipinski definition) is 1. The molecule has 7 nitrogen and oxygen atoms in total. The molecule has 0 bridgehead atoms. The molecule has 3 aromatic rings. The zero-order valence-corrected chi connectivity index (χ0v) is 19.5. The van der Waals surface area contributed by atoms with Crippen molar-refractivity contribution in [2.24, 2.45) is 0 Å². The largest absolute Gasteiger partial charge is 0.492 e. The van der Waals surface area contributed by atoms with E-state index in [1.807, 2.05) is 19.9 Å². The predicted molar refractivity (Wildman–Crippen MR) is 124 cm³/mol. The van der Waals surface area contributed by atoms with Gasteiger partial charge in [0.05, 0.1) is 40.1 Å². The second kappa shape index (κ2) is 10.5. The Morgan fingerprint density at radius 2 is 1.84 bits per heavy atom. The van der Waals surface area contributed by atoms with Gasteiger partial charge in [-0.15, -0.1) is 0 Å². The first-order valence-electron chi connectivity index (χ1n) is 9.98. The molecular weight excluding hydrogens is 453 g/mol. The number of hydrogen-bond acceptors (Lipinski definition) is 5. The highest BCUT2D eigenvalue weighted by atomic mass is 35.5. The summed E-state index contributed by atoms with van der Waals surface area (Å²) in [5, 5.41) is 8.05. The van der Waals surface area contributed by atoms with Crippen LogP contribution in [0.15, 0.2) is 42.5 Å². The van der Waals surface area contributed by atoms with Crippen LogP contribution in [-0.4, -0.2) is 34.9 Å². The summed E-state index contributed by atoms with van der Waals surface area (Å²) in [6, 6.07) is 12.2. The molecule has 2 aromatic carbocycles. The molecule has 1 aromatic heterocycles. The summed E-state index contributed by atoms with van der Waals surface area (Å²) in [5.41, 5.74) is 3.42. The predicted octanol–water partition coefficient (Wildman–Crippen LogP) is 4.92. The molecule has 0 radical (unpaired) electrons. The van der Waals surface area contributed by atoms with Gasteiger partial charge in [-0.05, 0) is 51.1 Å². The van der Waals surface area contributed by atoms with Crippen LogP contribution in [0, 0.1) is 13.8 Å². The number of nitrogens with zero attached hydrogens (tertiary/aromatic N) is 2. The number of carbonyl (C=O) groups is 2. The minimum Gasteiger partial charge on any atom is -0.492 e. The average molecular weight is 476 g/mol. The van der Waals surface area contributed by atoms with Crippen LogP contribution in [-0.2, 0) is 20.7 Å². The van der Waals surface area contributed by atoms with Crippen LogP contribution in [0.2, 0.25) is 10.0 Å². The van der Waals surface area contributed by atoms with E-state index in [2.05, 4.69) is 10.4 Å². The van der Waals surface area contributed by atoms with Crippen molar-refractivity contribution >= 4 is 40.8 Å². The van der Waals surface area contributed by atoms with Crippen LogP contribution in [0.5, 0.6) is 5.75 Å². The van der Waals surface area contributed by atoms with Crippen molar-refractivity contribution < 1.29 is 19.1 Å². The Hall–Kier alpha value is -3.03. The lowest BCUT2D eigenvalue weighted by Gasteiger charge is -2.11. The highest BCUT2D eigenvalue weighted by molar-refractivity contribution is 6.42. The van der Waals surface area contributed by atoms with Crippen LogP contribution >= 0.6 is 23.2 Å². The van der Waals surface area contributed by atoms with E-state index < -0.39 is 18.5 Å². The Kier molecular flexibility index (Phi) is 7.77. The molecule has 168 valence electrons. The molecule has 0 unspecified atom stereocenters. The number of carbonyl (C=O) groups excluding carboxylic acids is 2. The summed E-state index contributed by atoms with van der Waals surface area (Å²) in [6.45, 7) is 5.58. The molecule has 0 aliphatic carbocycles. The maximum atomic E-state index is 12.4. The quantitative estimate of drug-likeness (QED) is 0.467. The molecule has 0 fully saturated rings. The van der Waals surface area contributed by atoms with E-state index in [0.717, 1.165) is 16.9 Å².